The fourth-order valence-electron chi connectivity index (χ4n) is 1.72. The predicted molar refractivity (Wildman–Crippen MR) is 56.5 cm³/mol. The SMILES string of the molecule is CC1(c2cc(F)c(Cl)cc2Cl)CC(=O)N1. The zero-order chi connectivity index (χ0) is 11.2. The van der Waals surface area contributed by atoms with Crippen molar-refractivity contribution >= 4 is 29.1 Å². The Morgan fingerprint density at radius 2 is 2.00 bits per heavy atom. The van der Waals surface area contributed by atoms with Gasteiger partial charge in [-0.15, -0.1) is 0 Å². The molecule has 1 saturated heterocycles. The molecule has 1 aromatic carbocycles. The second kappa shape index (κ2) is 3.35. The van der Waals surface area contributed by atoms with Crippen molar-refractivity contribution in [3.8, 4) is 0 Å². The lowest BCUT2D eigenvalue weighted by Crippen LogP contribution is -2.56. The van der Waals surface area contributed by atoms with Crippen LogP contribution in [0.15, 0.2) is 12.1 Å². The minimum Gasteiger partial charge on any atom is -0.346 e. The van der Waals surface area contributed by atoms with Gasteiger partial charge < -0.3 is 5.32 Å². The molecule has 80 valence electrons. The third-order valence-corrected chi connectivity index (χ3v) is 3.14. The number of carbonyl (C=O) groups excluding carboxylic acids is 1. The highest BCUT2D eigenvalue weighted by atomic mass is 35.5. The molecule has 1 amide bonds. The zero-order valence-electron chi connectivity index (χ0n) is 7.90. The van der Waals surface area contributed by atoms with Crippen molar-refractivity contribution in [2.75, 3.05) is 0 Å². The molecule has 15 heavy (non-hydrogen) atoms. The van der Waals surface area contributed by atoms with Crippen LogP contribution < -0.4 is 5.32 Å². The molecule has 0 bridgehead atoms. The number of hydrogen-bond donors (Lipinski definition) is 1. The van der Waals surface area contributed by atoms with Crippen LogP contribution >= 0.6 is 23.2 Å². The van der Waals surface area contributed by atoms with Crippen LogP contribution in [-0.4, -0.2) is 5.91 Å². The molecule has 0 aromatic heterocycles. The van der Waals surface area contributed by atoms with E-state index >= 15 is 0 Å². The Morgan fingerprint density at radius 1 is 1.40 bits per heavy atom. The molecule has 0 radical (unpaired) electrons. The number of hydrogen-bond acceptors (Lipinski definition) is 1. The van der Waals surface area contributed by atoms with Gasteiger partial charge in [0.1, 0.15) is 5.82 Å². The topological polar surface area (TPSA) is 29.1 Å². The van der Waals surface area contributed by atoms with E-state index in [0.29, 0.717) is 17.0 Å². The monoisotopic (exact) mass is 247 g/mol. The highest BCUT2D eigenvalue weighted by Gasteiger charge is 2.41. The summed E-state index contributed by atoms with van der Waals surface area (Å²) >= 11 is 11.5. The van der Waals surface area contributed by atoms with Gasteiger partial charge in [-0.3, -0.25) is 4.79 Å². The normalized spacial score (nSPS) is 24.7. The van der Waals surface area contributed by atoms with Gasteiger partial charge in [0, 0.05) is 5.02 Å². The third kappa shape index (κ3) is 1.70. The van der Waals surface area contributed by atoms with E-state index in [2.05, 4.69) is 5.32 Å². The van der Waals surface area contributed by atoms with E-state index in [1.54, 1.807) is 6.92 Å². The fourth-order valence-corrected chi connectivity index (χ4v) is 2.31. The van der Waals surface area contributed by atoms with Gasteiger partial charge in [0.15, 0.2) is 0 Å². The van der Waals surface area contributed by atoms with Gasteiger partial charge in [-0.1, -0.05) is 23.2 Å². The standard InChI is InChI=1S/C10H8Cl2FNO/c1-10(4-9(15)14-10)5-2-8(13)7(12)3-6(5)11/h2-3H,4H2,1H3,(H,14,15). The predicted octanol–water partition coefficient (Wildman–Crippen LogP) is 2.87. The van der Waals surface area contributed by atoms with Crippen molar-refractivity contribution in [2.45, 2.75) is 18.9 Å². The number of rotatable bonds is 1. The molecule has 1 atom stereocenters. The first kappa shape index (κ1) is 10.7. The minimum absolute atomic E-state index is 0.0157. The van der Waals surface area contributed by atoms with Crippen LogP contribution in [-0.2, 0) is 10.3 Å². The molecule has 1 fully saturated rings. The maximum atomic E-state index is 13.2. The molecule has 1 N–H and O–H groups in total. The lowest BCUT2D eigenvalue weighted by molar-refractivity contribution is -0.132. The summed E-state index contributed by atoms with van der Waals surface area (Å²) in [5.74, 6) is -0.595. The first-order valence-corrected chi connectivity index (χ1v) is 5.14. The fraction of sp³-hybridized carbons (Fsp3) is 0.300. The Balaban J connectivity index is 2.45. The van der Waals surface area contributed by atoms with Gasteiger partial charge in [0.05, 0.1) is 17.0 Å². The molecular weight excluding hydrogens is 240 g/mol. The summed E-state index contributed by atoms with van der Waals surface area (Å²) in [6.45, 7) is 1.79. The molecule has 1 aliphatic rings. The maximum absolute atomic E-state index is 13.2. The number of amides is 1. The van der Waals surface area contributed by atoms with Gasteiger partial charge in [0.2, 0.25) is 5.91 Å². The van der Waals surface area contributed by atoms with Crippen molar-refractivity contribution in [1.82, 2.24) is 5.32 Å². The van der Waals surface area contributed by atoms with Crippen LogP contribution in [0.1, 0.15) is 18.9 Å². The molecule has 0 saturated carbocycles. The van der Waals surface area contributed by atoms with E-state index in [1.807, 2.05) is 0 Å². The quantitative estimate of drug-likeness (QED) is 0.600. The maximum Gasteiger partial charge on any atom is 0.223 e. The number of halogens is 3. The van der Waals surface area contributed by atoms with Crippen molar-refractivity contribution in [2.24, 2.45) is 0 Å². The molecule has 1 unspecified atom stereocenters. The highest BCUT2D eigenvalue weighted by molar-refractivity contribution is 6.35. The Bertz CT molecular complexity index is 439. The molecule has 0 spiro atoms. The molecule has 2 rings (SSSR count). The van der Waals surface area contributed by atoms with Gasteiger partial charge in [0.25, 0.3) is 0 Å². The van der Waals surface area contributed by atoms with Gasteiger partial charge in [-0.05, 0) is 24.6 Å². The Labute approximate surface area is 96.4 Å². The Hall–Kier alpha value is -0.800. The summed E-state index contributed by atoms with van der Waals surface area (Å²) in [6, 6.07) is 2.62. The molecule has 0 aliphatic carbocycles. The lowest BCUT2D eigenvalue weighted by Gasteiger charge is -2.40. The van der Waals surface area contributed by atoms with Crippen LogP contribution in [0.5, 0.6) is 0 Å². The summed E-state index contributed by atoms with van der Waals surface area (Å²) in [5.41, 5.74) is -0.00904. The van der Waals surface area contributed by atoms with E-state index in [1.165, 1.54) is 12.1 Å². The Morgan fingerprint density at radius 3 is 2.53 bits per heavy atom. The second-order valence-electron chi connectivity index (χ2n) is 3.80. The molecular formula is C10H8Cl2FNO. The summed E-state index contributed by atoms with van der Waals surface area (Å²) < 4.78 is 13.2. The molecule has 1 aromatic rings. The van der Waals surface area contributed by atoms with Crippen LogP contribution in [0.25, 0.3) is 0 Å². The van der Waals surface area contributed by atoms with Crippen molar-refractivity contribution in [1.29, 1.82) is 0 Å². The van der Waals surface area contributed by atoms with Crippen molar-refractivity contribution < 1.29 is 9.18 Å². The van der Waals surface area contributed by atoms with E-state index in [-0.39, 0.29) is 10.9 Å². The number of β-lactam (4-membered cyclic amide) rings is 1. The minimum atomic E-state index is -0.570. The van der Waals surface area contributed by atoms with E-state index < -0.39 is 11.4 Å². The number of benzene rings is 1. The number of nitrogens with one attached hydrogen (secondary N) is 1. The van der Waals surface area contributed by atoms with Crippen LogP contribution in [0.2, 0.25) is 10.0 Å². The zero-order valence-corrected chi connectivity index (χ0v) is 9.42. The largest absolute Gasteiger partial charge is 0.346 e. The second-order valence-corrected chi connectivity index (χ2v) is 4.62. The van der Waals surface area contributed by atoms with Crippen molar-refractivity contribution in [3.63, 3.8) is 0 Å². The first-order chi connectivity index (χ1) is 6.92. The molecule has 2 nitrogen and oxygen atoms in total. The summed E-state index contributed by atoms with van der Waals surface area (Å²) in [4.78, 5) is 10.9. The Kier molecular flexibility index (Phi) is 2.40. The number of carbonyl (C=O) groups is 1. The summed E-state index contributed by atoms with van der Waals surface area (Å²) in [7, 11) is 0. The molecule has 5 heteroatoms. The molecule has 1 aliphatic heterocycles. The van der Waals surface area contributed by atoms with Crippen LogP contribution in [0, 0.1) is 5.82 Å². The average molecular weight is 248 g/mol. The average Bonchev–Trinajstić information content (AvgIpc) is 2.08. The van der Waals surface area contributed by atoms with E-state index in [9.17, 15) is 9.18 Å². The van der Waals surface area contributed by atoms with Gasteiger partial charge in [-0.25, -0.2) is 4.39 Å². The first-order valence-electron chi connectivity index (χ1n) is 4.38. The van der Waals surface area contributed by atoms with E-state index in [0.717, 1.165) is 0 Å². The smallest absolute Gasteiger partial charge is 0.223 e. The van der Waals surface area contributed by atoms with Gasteiger partial charge >= 0.3 is 0 Å². The van der Waals surface area contributed by atoms with Gasteiger partial charge in [-0.2, -0.15) is 0 Å². The van der Waals surface area contributed by atoms with Crippen molar-refractivity contribution in [3.05, 3.63) is 33.6 Å². The highest BCUT2D eigenvalue weighted by Crippen LogP contribution is 2.37. The summed E-state index contributed by atoms with van der Waals surface area (Å²) in [5, 5.41) is 3.04. The van der Waals surface area contributed by atoms with Crippen LogP contribution in [0.4, 0.5) is 4.39 Å². The molecule has 1 heterocycles. The summed E-state index contributed by atoms with van der Waals surface area (Å²) in [6.07, 6.45) is 0.313. The van der Waals surface area contributed by atoms with E-state index in [4.69, 9.17) is 23.2 Å². The lowest BCUT2D eigenvalue weighted by atomic mass is 9.82. The third-order valence-electron chi connectivity index (χ3n) is 2.53. The van der Waals surface area contributed by atoms with Crippen LogP contribution in [0.3, 0.4) is 0 Å².